The molecule has 0 unspecified atom stereocenters. The number of rotatable bonds is 6. The van der Waals surface area contributed by atoms with E-state index in [0.29, 0.717) is 12.2 Å². The van der Waals surface area contributed by atoms with E-state index in [0.717, 1.165) is 25.0 Å². The first kappa shape index (κ1) is 13.3. The lowest BCUT2D eigenvalue weighted by atomic mass is 10.1. The maximum Gasteiger partial charge on any atom is 0.225 e. The van der Waals surface area contributed by atoms with Crippen molar-refractivity contribution in [3.05, 3.63) is 47.7 Å². The van der Waals surface area contributed by atoms with Crippen molar-refractivity contribution < 1.29 is 4.79 Å². The van der Waals surface area contributed by atoms with Gasteiger partial charge in [0.2, 0.25) is 5.91 Å². The van der Waals surface area contributed by atoms with Gasteiger partial charge >= 0.3 is 0 Å². The lowest BCUT2D eigenvalue weighted by Crippen LogP contribution is -2.12. The Kier molecular flexibility index (Phi) is 4.72. The third kappa shape index (κ3) is 4.25. The Balaban J connectivity index is 1.80. The van der Waals surface area contributed by atoms with E-state index in [4.69, 9.17) is 0 Å². The number of carbonyl (C=O) groups excluding carboxylic acids is 1. The van der Waals surface area contributed by atoms with E-state index in [1.54, 1.807) is 0 Å². The van der Waals surface area contributed by atoms with Gasteiger partial charge in [-0.15, -0.1) is 0 Å². The van der Waals surface area contributed by atoms with Crippen LogP contribution >= 0.6 is 0 Å². The Morgan fingerprint density at radius 1 is 1.26 bits per heavy atom. The van der Waals surface area contributed by atoms with Gasteiger partial charge in [-0.3, -0.25) is 9.89 Å². The molecule has 2 aromatic rings. The molecular formula is C15H19N3O. The van der Waals surface area contributed by atoms with Gasteiger partial charge in [-0.1, -0.05) is 43.7 Å². The van der Waals surface area contributed by atoms with Crippen molar-refractivity contribution in [3.63, 3.8) is 0 Å². The fourth-order valence-electron chi connectivity index (χ4n) is 1.93. The number of hydrogen-bond donors (Lipinski definition) is 2. The molecule has 0 atom stereocenters. The maximum atomic E-state index is 11.8. The molecule has 4 nitrogen and oxygen atoms in total. The van der Waals surface area contributed by atoms with Crippen LogP contribution in [0.1, 0.15) is 31.0 Å². The van der Waals surface area contributed by atoms with Crippen molar-refractivity contribution in [3.8, 4) is 0 Å². The lowest BCUT2D eigenvalue weighted by Gasteiger charge is -2.02. The number of nitrogens with zero attached hydrogens (tertiary/aromatic N) is 1. The van der Waals surface area contributed by atoms with E-state index < -0.39 is 0 Å². The minimum atomic E-state index is -0.00148. The van der Waals surface area contributed by atoms with Crippen LogP contribution in [0.25, 0.3) is 0 Å². The first-order chi connectivity index (χ1) is 9.28. The molecule has 1 aromatic carbocycles. The van der Waals surface area contributed by atoms with Crippen molar-refractivity contribution in [2.75, 3.05) is 5.32 Å². The zero-order valence-corrected chi connectivity index (χ0v) is 11.1. The van der Waals surface area contributed by atoms with Crippen LogP contribution in [0.5, 0.6) is 0 Å². The SMILES string of the molecule is CCCc1cc(NC(=O)CCc2ccccc2)n[nH]1. The molecule has 19 heavy (non-hydrogen) atoms. The molecule has 4 heteroatoms. The van der Waals surface area contributed by atoms with Crippen LogP contribution in [-0.4, -0.2) is 16.1 Å². The molecule has 0 aliphatic heterocycles. The van der Waals surface area contributed by atoms with Gasteiger partial charge in [-0.05, 0) is 18.4 Å². The molecule has 0 aliphatic rings. The number of aryl methyl sites for hydroxylation is 2. The maximum absolute atomic E-state index is 11.8. The molecule has 0 fully saturated rings. The molecular weight excluding hydrogens is 238 g/mol. The minimum absolute atomic E-state index is 0.00148. The molecule has 0 saturated carbocycles. The van der Waals surface area contributed by atoms with Gasteiger partial charge < -0.3 is 5.32 Å². The lowest BCUT2D eigenvalue weighted by molar-refractivity contribution is -0.116. The van der Waals surface area contributed by atoms with Crippen molar-refractivity contribution in [2.24, 2.45) is 0 Å². The predicted octanol–water partition coefficient (Wildman–Crippen LogP) is 2.93. The zero-order valence-electron chi connectivity index (χ0n) is 11.1. The van der Waals surface area contributed by atoms with Gasteiger partial charge in [0.05, 0.1) is 0 Å². The first-order valence-corrected chi connectivity index (χ1v) is 6.66. The third-order valence-electron chi connectivity index (χ3n) is 2.90. The van der Waals surface area contributed by atoms with Gasteiger partial charge in [0.1, 0.15) is 0 Å². The number of amides is 1. The number of H-pyrrole nitrogens is 1. The third-order valence-corrected chi connectivity index (χ3v) is 2.90. The number of nitrogens with one attached hydrogen (secondary N) is 2. The van der Waals surface area contributed by atoms with Crippen LogP contribution < -0.4 is 5.32 Å². The van der Waals surface area contributed by atoms with E-state index in [1.807, 2.05) is 36.4 Å². The van der Waals surface area contributed by atoms with E-state index >= 15 is 0 Å². The summed E-state index contributed by atoms with van der Waals surface area (Å²) >= 11 is 0. The van der Waals surface area contributed by atoms with E-state index in [9.17, 15) is 4.79 Å². The summed E-state index contributed by atoms with van der Waals surface area (Å²) in [4.78, 5) is 11.8. The molecule has 0 saturated heterocycles. The summed E-state index contributed by atoms with van der Waals surface area (Å²) in [5, 5.41) is 9.80. The van der Waals surface area contributed by atoms with Gasteiger partial charge in [-0.2, -0.15) is 5.10 Å². The molecule has 100 valence electrons. The van der Waals surface area contributed by atoms with E-state index in [2.05, 4.69) is 22.4 Å². The Morgan fingerprint density at radius 2 is 2.05 bits per heavy atom. The average Bonchev–Trinajstić information content (AvgIpc) is 2.85. The second kappa shape index (κ2) is 6.73. The van der Waals surface area contributed by atoms with Crippen molar-refractivity contribution >= 4 is 11.7 Å². The quantitative estimate of drug-likeness (QED) is 0.836. The van der Waals surface area contributed by atoms with Gasteiger partial charge in [0.15, 0.2) is 5.82 Å². The molecule has 0 aliphatic carbocycles. The van der Waals surface area contributed by atoms with Crippen LogP contribution in [0.2, 0.25) is 0 Å². The number of aromatic nitrogens is 2. The number of hydrogen-bond acceptors (Lipinski definition) is 2. The number of benzene rings is 1. The summed E-state index contributed by atoms with van der Waals surface area (Å²) in [5.74, 6) is 0.611. The standard InChI is InChI=1S/C15H19N3O/c1-2-6-13-11-14(18-17-13)16-15(19)10-9-12-7-4-3-5-8-12/h3-5,7-8,11H,2,6,9-10H2,1H3,(H2,16,17,18,19). The van der Waals surface area contributed by atoms with Crippen molar-refractivity contribution in [1.29, 1.82) is 0 Å². The Labute approximate surface area is 113 Å². The number of anilines is 1. The molecule has 0 radical (unpaired) electrons. The highest BCUT2D eigenvalue weighted by Gasteiger charge is 2.06. The number of carbonyl (C=O) groups is 1. The fraction of sp³-hybridized carbons (Fsp3) is 0.333. The van der Waals surface area contributed by atoms with Gasteiger partial charge in [-0.25, -0.2) is 0 Å². The normalized spacial score (nSPS) is 10.4. The van der Waals surface area contributed by atoms with Crippen molar-refractivity contribution in [2.45, 2.75) is 32.6 Å². The molecule has 1 heterocycles. The zero-order chi connectivity index (χ0) is 13.5. The van der Waals surface area contributed by atoms with Crippen LogP contribution in [0, 0.1) is 0 Å². The molecule has 2 rings (SSSR count). The van der Waals surface area contributed by atoms with Crippen LogP contribution in [0.15, 0.2) is 36.4 Å². The number of aromatic amines is 1. The topological polar surface area (TPSA) is 57.8 Å². The van der Waals surface area contributed by atoms with Crippen molar-refractivity contribution in [1.82, 2.24) is 10.2 Å². The monoisotopic (exact) mass is 257 g/mol. The summed E-state index contributed by atoms with van der Waals surface area (Å²) in [5.41, 5.74) is 2.23. The Morgan fingerprint density at radius 3 is 2.79 bits per heavy atom. The first-order valence-electron chi connectivity index (χ1n) is 6.66. The highest BCUT2D eigenvalue weighted by Crippen LogP contribution is 2.09. The van der Waals surface area contributed by atoms with Crippen LogP contribution in [-0.2, 0) is 17.6 Å². The fourth-order valence-corrected chi connectivity index (χ4v) is 1.93. The van der Waals surface area contributed by atoms with Gasteiger partial charge in [0, 0.05) is 18.2 Å². The molecule has 2 N–H and O–H groups in total. The van der Waals surface area contributed by atoms with Crippen LogP contribution in [0.4, 0.5) is 5.82 Å². The summed E-state index contributed by atoms with van der Waals surface area (Å²) in [6.07, 6.45) is 3.23. The summed E-state index contributed by atoms with van der Waals surface area (Å²) in [7, 11) is 0. The second-order valence-electron chi connectivity index (χ2n) is 4.56. The summed E-state index contributed by atoms with van der Waals surface area (Å²) in [6, 6.07) is 11.9. The van der Waals surface area contributed by atoms with Crippen LogP contribution in [0.3, 0.4) is 0 Å². The Bertz CT molecular complexity index is 519. The largest absolute Gasteiger partial charge is 0.309 e. The molecule has 1 aromatic heterocycles. The predicted molar refractivity (Wildman–Crippen MR) is 76.0 cm³/mol. The smallest absolute Gasteiger partial charge is 0.225 e. The summed E-state index contributed by atoms with van der Waals surface area (Å²) < 4.78 is 0. The van der Waals surface area contributed by atoms with E-state index in [1.165, 1.54) is 5.56 Å². The highest BCUT2D eigenvalue weighted by molar-refractivity contribution is 5.89. The minimum Gasteiger partial charge on any atom is -0.309 e. The molecule has 0 bridgehead atoms. The van der Waals surface area contributed by atoms with Gasteiger partial charge in [0.25, 0.3) is 0 Å². The molecule has 1 amide bonds. The summed E-state index contributed by atoms with van der Waals surface area (Å²) in [6.45, 7) is 2.11. The second-order valence-corrected chi connectivity index (χ2v) is 4.56. The highest BCUT2D eigenvalue weighted by atomic mass is 16.1. The Hall–Kier alpha value is -2.10. The molecule has 0 spiro atoms. The average molecular weight is 257 g/mol. The van der Waals surface area contributed by atoms with E-state index in [-0.39, 0.29) is 5.91 Å².